The zero-order valence-corrected chi connectivity index (χ0v) is 24.5. The number of amides is 2. The fourth-order valence-corrected chi connectivity index (χ4v) is 5.91. The van der Waals surface area contributed by atoms with Gasteiger partial charge in [0.25, 0.3) is 0 Å². The molecule has 0 spiro atoms. The minimum Gasteiger partial charge on any atom is -0.492 e. The highest BCUT2D eigenvalue weighted by atomic mass is 16.5. The van der Waals surface area contributed by atoms with E-state index in [2.05, 4.69) is 44.6 Å². The van der Waals surface area contributed by atoms with E-state index in [1.165, 1.54) is 0 Å². The van der Waals surface area contributed by atoms with E-state index in [-0.39, 0.29) is 5.78 Å². The fourth-order valence-electron chi connectivity index (χ4n) is 5.91. The molecule has 0 atom stereocenters. The molecule has 1 aromatic heterocycles. The van der Waals surface area contributed by atoms with E-state index in [0.29, 0.717) is 72.7 Å². The van der Waals surface area contributed by atoms with Crippen LogP contribution in [0.25, 0.3) is 22.5 Å². The zero-order chi connectivity index (χ0) is 29.2. The number of piperazine rings is 1. The van der Waals surface area contributed by atoms with Gasteiger partial charge in [-0.25, -0.2) is 9.80 Å². The van der Waals surface area contributed by atoms with Crippen LogP contribution in [0.3, 0.4) is 0 Å². The van der Waals surface area contributed by atoms with Gasteiger partial charge in [-0.3, -0.25) is 25.1 Å². The third-order valence-corrected chi connectivity index (χ3v) is 8.32. The molecule has 2 fully saturated rings. The molecule has 3 aromatic rings. The van der Waals surface area contributed by atoms with Crippen molar-refractivity contribution in [2.45, 2.75) is 26.8 Å². The molecule has 11 nitrogen and oxygen atoms in total. The van der Waals surface area contributed by atoms with Crippen LogP contribution in [0.1, 0.15) is 35.3 Å². The van der Waals surface area contributed by atoms with E-state index >= 15 is 0 Å². The second-order valence-electron chi connectivity index (χ2n) is 11.3. The number of H-pyrrole nitrogens is 1. The fraction of sp³-hybridized carbons (Fsp3) is 0.452. The Morgan fingerprint density at radius 1 is 1.07 bits per heavy atom. The number of aromatic amines is 1. The van der Waals surface area contributed by atoms with Gasteiger partial charge in [0.1, 0.15) is 18.1 Å². The number of benzene rings is 2. The average molecular weight is 574 g/mol. The molecule has 3 aliphatic rings. The van der Waals surface area contributed by atoms with E-state index in [1.807, 2.05) is 37.3 Å². The molecule has 0 saturated carbocycles. The highest BCUT2D eigenvalue weighted by Crippen LogP contribution is 2.43. The number of carbonyl (C=O) groups excluding carboxylic acids is 2. The van der Waals surface area contributed by atoms with Gasteiger partial charge in [0, 0.05) is 63.0 Å². The Morgan fingerprint density at radius 3 is 2.60 bits per heavy atom. The average Bonchev–Trinajstić information content (AvgIpc) is 3.55. The van der Waals surface area contributed by atoms with Crippen LogP contribution < -0.4 is 15.5 Å². The Balaban J connectivity index is 1.12. The summed E-state index contributed by atoms with van der Waals surface area (Å²) in [6.45, 7) is 14.7. The first-order chi connectivity index (χ1) is 20.4. The molecular weight excluding hydrogens is 534 g/mol. The predicted octanol–water partition coefficient (Wildman–Crippen LogP) is 3.37. The third kappa shape index (κ3) is 5.78. The summed E-state index contributed by atoms with van der Waals surface area (Å²) >= 11 is 0. The first kappa shape index (κ1) is 28.4. The number of aromatic nitrogens is 2. The largest absolute Gasteiger partial charge is 0.492 e. The second-order valence-corrected chi connectivity index (χ2v) is 11.3. The molecule has 6 rings (SSSR count). The number of fused-ring (bicyclic) bond motifs is 3. The van der Waals surface area contributed by atoms with Crippen molar-refractivity contribution in [1.82, 2.24) is 30.4 Å². The van der Waals surface area contributed by atoms with E-state index in [1.54, 1.807) is 11.1 Å². The number of ether oxygens (including phenoxy) is 2. The monoisotopic (exact) mass is 573 g/mol. The first-order valence-corrected chi connectivity index (χ1v) is 14.8. The molecule has 42 heavy (non-hydrogen) atoms. The summed E-state index contributed by atoms with van der Waals surface area (Å²) in [5, 5.41) is 12.3. The molecule has 2 aliphatic heterocycles. The molecule has 3 heterocycles. The van der Waals surface area contributed by atoms with Crippen molar-refractivity contribution in [2.24, 2.45) is 0 Å². The summed E-state index contributed by atoms with van der Waals surface area (Å²) in [7, 11) is 0. The lowest BCUT2D eigenvalue weighted by atomic mass is 10.0. The molecule has 0 radical (unpaired) electrons. The second kappa shape index (κ2) is 12.2. The number of urea groups is 1. The number of anilines is 1. The van der Waals surface area contributed by atoms with Gasteiger partial charge in [0.2, 0.25) is 0 Å². The summed E-state index contributed by atoms with van der Waals surface area (Å²) in [6.07, 6.45) is 0. The van der Waals surface area contributed by atoms with Gasteiger partial charge in [-0.15, -0.1) is 0 Å². The number of hydrogen-bond donors (Lipinski definition) is 3. The highest BCUT2D eigenvalue weighted by Gasteiger charge is 2.35. The number of nitrogens with one attached hydrogen (secondary N) is 3. The van der Waals surface area contributed by atoms with Gasteiger partial charge in [0.15, 0.2) is 5.78 Å². The van der Waals surface area contributed by atoms with Crippen LogP contribution >= 0.6 is 0 Å². The number of nitrogens with zero attached hydrogens (tertiary/aromatic N) is 4. The van der Waals surface area contributed by atoms with Gasteiger partial charge in [0.05, 0.1) is 35.7 Å². The lowest BCUT2D eigenvalue weighted by molar-refractivity contribution is 0.0207. The normalized spacial score (nSPS) is 17.8. The topological polar surface area (TPSA) is 115 Å². The molecule has 2 aromatic carbocycles. The molecular formula is C31H39N7O4. The molecule has 0 bridgehead atoms. The summed E-state index contributed by atoms with van der Waals surface area (Å²) in [5.74, 6) is 0.671. The van der Waals surface area contributed by atoms with Crippen LogP contribution in [-0.2, 0) is 4.74 Å². The van der Waals surface area contributed by atoms with Crippen LogP contribution in [0.2, 0.25) is 0 Å². The van der Waals surface area contributed by atoms with Crippen LogP contribution in [0.4, 0.5) is 10.5 Å². The van der Waals surface area contributed by atoms with E-state index in [0.717, 1.165) is 49.6 Å². The van der Waals surface area contributed by atoms with Gasteiger partial charge >= 0.3 is 6.03 Å². The molecule has 2 amide bonds. The lowest BCUT2D eigenvalue weighted by Crippen LogP contribution is -2.49. The first-order valence-electron chi connectivity index (χ1n) is 14.8. The number of morpholine rings is 1. The summed E-state index contributed by atoms with van der Waals surface area (Å²) in [4.78, 5) is 31.4. The standard InChI is InChI=1S/C31H39N7O4/c1-20(2)37-11-9-36(10-12-37)13-18-42-25-8-7-22(19-21(25)3)28-27-29(34-33-28)23-5-4-6-24(26(23)30(27)39)32-31(40)35-38-14-16-41-17-15-38/h4-8,19-20H,9-18H2,1-3H3,(H,33,34)(H2,32,35,40). The highest BCUT2D eigenvalue weighted by molar-refractivity contribution is 6.26. The third-order valence-electron chi connectivity index (χ3n) is 8.32. The quantitative estimate of drug-likeness (QED) is 0.294. The number of hydrazine groups is 1. The smallest absolute Gasteiger partial charge is 0.333 e. The van der Waals surface area contributed by atoms with Gasteiger partial charge in [-0.1, -0.05) is 12.1 Å². The summed E-state index contributed by atoms with van der Waals surface area (Å²) in [5.41, 5.74) is 8.06. The Labute approximate surface area is 246 Å². The van der Waals surface area contributed by atoms with Crippen molar-refractivity contribution >= 4 is 17.5 Å². The van der Waals surface area contributed by atoms with Gasteiger partial charge < -0.3 is 14.8 Å². The zero-order valence-electron chi connectivity index (χ0n) is 24.5. The van der Waals surface area contributed by atoms with Crippen LogP contribution in [0, 0.1) is 6.92 Å². The number of hydrogen-bond acceptors (Lipinski definition) is 8. The molecule has 1 aliphatic carbocycles. The van der Waals surface area contributed by atoms with Crippen molar-refractivity contribution in [3.8, 4) is 28.3 Å². The number of carbonyl (C=O) groups is 2. The Bertz CT molecular complexity index is 1460. The van der Waals surface area contributed by atoms with Crippen molar-refractivity contribution in [3.63, 3.8) is 0 Å². The maximum atomic E-state index is 13.7. The minimum absolute atomic E-state index is 0.165. The van der Waals surface area contributed by atoms with Gasteiger partial charge in [-0.2, -0.15) is 5.10 Å². The molecule has 0 unspecified atom stereocenters. The molecule has 3 N–H and O–H groups in total. The maximum absolute atomic E-state index is 13.7. The summed E-state index contributed by atoms with van der Waals surface area (Å²) in [6, 6.07) is 11.6. The number of ketones is 1. The van der Waals surface area contributed by atoms with Crippen LogP contribution in [0.5, 0.6) is 5.75 Å². The minimum atomic E-state index is -0.395. The van der Waals surface area contributed by atoms with E-state index in [9.17, 15) is 9.59 Å². The summed E-state index contributed by atoms with van der Waals surface area (Å²) < 4.78 is 11.5. The van der Waals surface area contributed by atoms with Crippen molar-refractivity contribution in [3.05, 3.63) is 53.1 Å². The van der Waals surface area contributed by atoms with E-state index < -0.39 is 6.03 Å². The maximum Gasteiger partial charge on any atom is 0.333 e. The Hall–Kier alpha value is -3.77. The Kier molecular flexibility index (Phi) is 8.25. The number of aryl methyl sites for hydroxylation is 1. The lowest BCUT2D eigenvalue weighted by Gasteiger charge is -2.36. The molecule has 2 saturated heterocycles. The SMILES string of the molecule is Cc1cc(-c2[nH]nc3c2C(=O)c2c(NC(=O)NN4CCOCC4)cccc2-3)ccc1OCCN1CCN(C(C)C)CC1. The van der Waals surface area contributed by atoms with Crippen LogP contribution in [-0.4, -0.2) is 108 Å². The van der Waals surface area contributed by atoms with E-state index in [4.69, 9.17) is 9.47 Å². The van der Waals surface area contributed by atoms with Crippen molar-refractivity contribution < 1.29 is 19.1 Å². The Morgan fingerprint density at radius 2 is 1.86 bits per heavy atom. The predicted molar refractivity (Wildman–Crippen MR) is 161 cm³/mol. The van der Waals surface area contributed by atoms with Crippen molar-refractivity contribution in [2.75, 3.05) is 71.0 Å². The molecule has 11 heteroatoms. The number of rotatable bonds is 8. The van der Waals surface area contributed by atoms with Crippen molar-refractivity contribution in [1.29, 1.82) is 0 Å². The van der Waals surface area contributed by atoms with Gasteiger partial charge in [-0.05, 0) is 50.6 Å². The molecule has 222 valence electrons. The van der Waals surface area contributed by atoms with Crippen LogP contribution in [0.15, 0.2) is 36.4 Å².